The molecule has 0 unspecified atom stereocenters. The van der Waals surface area contributed by atoms with Gasteiger partial charge in [-0.1, -0.05) is 148 Å². The van der Waals surface area contributed by atoms with E-state index < -0.39 is 0 Å². The monoisotopic (exact) mass is 736 g/mol. The molecule has 274 valence electrons. The minimum atomic E-state index is -0.0151. The van der Waals surface area contributed by atoms with Gasteiger partial charge in [-0.3, -0.25) is 13.7 Å². The summed E-state index contributed by atoms with van der Waals surface area (Å²) in [5.41, 5.74) is 12.8. The zero-order valence-corrected chi connectivity index (χ0v) is 32.1. The molecule has 1 N–H and O–H groups in total. The summed E-state index contributed by atoms with van der Waals surface area (Å²) in [7, 11) is 0. The summed E-state index contributed by atoms with van der Waals surface area (Å²) in [6.45, 7) is 6.68. The third kappa shape index (κ3) is 6.12. The van der Waals surface area contributed by atoms with E-state index in [1.807, 2.05) is 6.20 Å². The van der Waals surface area contributed by atoms with Crippen molar-refractivity contribution >= 4 is 44.5 Å². The van der Waals surface area contributed by atoms with Crippen LogP contribution in [0.1, 0.15) is 26.3 Å². The Morgan fingerprint density at radius 1 is 0.596 bits per heavy atom. The number of benzene rings is 6. The van der Waals surface area contributed by atoms with E-state index in [9.17, 15) is 0 Å². The first kappa shape index (κ1) is 34.2. The lowest BCUT2D eigenvalue weighted by atomic mass is 9.88. The van der Waals surface area contributed by atoms with Crippen molar-refractivity contribution in [2.75, 3.05) is 5.32 Å². The standard InChI is InChI=1S/C51H40N6/c1-51(2,3)37-30-31-52-48(32-37)57-44-25-11-10-22-42(44)43-28-29-47(54-50(43)57)53-38-20-14-21-39(33-38)55-34-56(46-27-13-12-26-45(46)55)49-40(35-16-6-4-7-17-35)23-15-24-41(49)36-18-8-5-9-19-36/h4-33H,1-3H3,(H,53,54). The van der Waals surface area contributed by atoms with Crippen molar-refractivity contribution in [1.82, 2.24) is 19.1 Å². The molecular weight excluding hydrogens is 697 g/mol. The Bertz CT molecular complexity index is 3020. The van der Waals surface area contributed by atoms with Gasteiger partial charge in [-0.05, 0) is 81.8 Å². The van der Waals surface area contributed by atoms with E-state index >= 15 is 0 Å². The lowest BCUT2D eigenvalue weighted by Crippen LogP contribution is -2.31. The van der Waals surface area contributed by atoms with Crippen LogP contribution >= 0.6 is 0 Å². The highest BCUT2D eigenvalue weighted by Gasteiger charge is 2.21. The summed E-state index contributed by atoms with van der Waals surface area (Å²) in [6, 6.07) is 61.7. The molecule has 0 fully saturated rings. The molecule has 6 aromatic carbocycles. The van der Waals surface area contributed by atoms with E-state index in [2.05, 4.69) is 222 Å². The Morgan fingerprint density at radius 3 is 2.00 bits per heavy atom. The average molecular weight is 737 g/mol. The quantitative estimate of drug-likeness (QED) is 0.131. The number of aromatic nitrogens is 5. The molecule has 4 heterocycles. The van der Waals surface area contributed by atoms with Crippen LogP contribution in [-0.4, -0.2) is 19.1 Å². The second-order valence-electron chi connectivity index (χ2n) is 15.4. The Hall–Kier alpha value is -7.31. The van der Waals surface area contributed by atoms with Crippen LogP contribution in [0.2, 0.25) is 0 Å². The minimum Gasteiger partial charge on any atom is -0.341 e. The van der Waals surface area contributed by atoms with Crippen LogP contribution < -0.4 is 9.88 Å². The van der Waals surface area contributed by atoms with E-state index in [-0.39, 0.29) is 5.41 Å². The van der Waals surface area contributed by atoms with Gasteiger partial charge in [0.2, 0.25) is 0 Å². The van der Waals surface area contributed by atoms with E-state index in [0.29, 0.717) is 0 Å². The molecule has 0 saturated heterocycles. The topological polar surface area (TPSA) is 51.6 Å². The Balaban J connectivity index is 1.08. The molecule has 0 spiro atoms. The molecule has 6 nitrogen and oxygen atoms in total. The Kier molecular flexibility index (Phi) is 8.26. The van der Waals surface area contributed by atoms with Crippen molar-refractivity contribution in [3.8, 4) is 39.4 Å². The molecule has 0 radical (unpaired) electrons. The van der Waals surface area contributed by atoms with E-state index in [4.69, 9.17) is 9.97 Å². The van der Waals surface area contributed by atoms with Gasteiger partial charge >= 0.3 is 0 Å². The molecule has 57 heavy (non-hydrogen) atoms. The van der Waals surface area contributed by atoms with Gasteiger partial charge in [0.15, 0.2) is 0 Å². The average Bonchev–Trinajstić information content (AvgIpc) is 3.80. The Labute approximate surface area is 332 Å². The zero-order valence-electron chi connectivity index (χ0n) is 32.1. The van der Waals surface area contributed by atoms with Crippen LogP contribution in [0, 0.1) is 6.33 Å². The van der Waals surface area contributed by atoms with Crippen molar-refractivity contribution < 1.29 is 4.57 Å². The maximum atomic E-state index is 5.24. The van der Waals surface area contributed by atoms with Crippen molar-refractivity contribution in [3.63, 3.8) is 0 Å². The predicted molar refractivity (Wildman–Crippen MR) is 233 cm³/mol. The highest BCUT2D eigenvalue weighted by atomic mass is 15.2. The number of para-hydroxylation sites is 4. The summed E-state index contributed by atoms with van der Waals surface area (Å²) in [4.78, 5) is 10.1. The number of hydrogen-bond donors (Lipinski definition) is 1. The molecule has 10 aromatic rings. The van der Waals surface area contributed by atoms with Gasteiger partial charge in [-0.2, -0.15) is 0 Å². The van der Waals surface area contributed by atoms with Gasteiger partial charge in [-0.15, -0.1) is 0 Å². The molecule has 4 aromatic heterocycles. The molecular formula is C51H40N6. The zero-order chi connectivity index (χ0) is 38.5. The fourth-order valence-corrected chi connectivity index (χ4v) is 7.92. The van der Waals surface area contributed by atoms with Crippen molar-refractivity contribution in [2.24, 2.45) is 0 Å². The molecule has 10 rings (SSSR count). The first-order valence-electron chi connectivity index (χ1n) is 19.3. The van der Waals surface area contributed by atoms with Crippen LogP contribution in [-0.2, 0) is 5.41 Å². The molecule has 0 amide bonds. The van der Waals surface area contributed by atoms with Gasteiger partial charge in [0.1, 0.15) is 17.3 Å². The second-order valence-corrected chi connectivity index (χ2v) is 15.4. The fraction of sp³-hybridized carbons (Fsp3) is 0.0784. The number of rotatable bonds is 7. The van der Waals surface area contributed by atoms with E-state index in [0.717, 1.165) is 83.9 Å². The number of nitrogens with zero attached hydrogens (tertiary/aromatic N) is 5. The van der Waals surface area contributed by atoms with Gasteiger partial charge in [-0.25, -0.2) is 9.97 Å². The molecule has 0 aliphatic heterocycles. The Morgan fingerprint density at radius 2 is 1.26 bits per heavy atom. The number of anilines is 2. The molecule has 0 atom stereocenters. The highest BCUT2D eigenvalue weighted by molar-refractivity contribution is 6.08. The minimum absolute atomic E-state index is 0.0151. The first-order valence-corrected chi connectivity index (χ1v) is 19.3. The van der Waals surface area contributed by atoms with Crippen LogP contribution in [0.3, 0.4) is 0 Å². The third-order valence-electron chi connectivity index (χ3n) is 10.7. The largest absolute Gasteiger partial charge is 0.341 e. The maximum absolute atomic E-state index is 5.24. The number of pyridine rings is 2. The third-order valence-corrected chi connectivity index (χ3v) is 10.7. The van der Waals surface area contributed by atoms with Crippen molar-refractivity contribution in [1.29, 1.82) is 0 Å². The van der Waals surface area contributed by atoms with Crippen LogP contribution in [0.25, 0.3) is 72.4 Å². The first-order chi connectivity index (χ1) is 27.9. The number of fused-ring (bicyclic) bond motifs is 4. The molecule has 0 bridgehead atoms. The van der Waals surface area contributed by atoms with Crippen molar-refractivity contribution in [3.05, 3.63) is 194 Å². The fourth-order valence-electron chi connectivity index (χ4n) is 7.92. The summed E-state index contributed by atoms with van der Waals surface area (Å²) >= 11 is 0. The SMILES string of the molecule is CC(C)(C)c1ccnc(-n2c3ccccc3c3ccc(Nc4cccc(-n5[c-][n+](-c6c(-c7ccccc7)cccc6-c6ccccc6)c6ccccc65)c4)nc32)c1. The second kappa shape index (κ2) is 13.8. The predicted octanol–water partition coefficient (Wildman–Crippen LogP) is 12.0. The van der Waals surface area contributed by atoms with Crippen molar-refractivity contribution in [2.45, 2.75) is 26.2 Å². The van der Waals surface area contributed by atoms with Crippen LogP contribution in [0.5, 0.6) is 0 Å². The van der Waals surface area contributed by atoms with E-state index in [1.165, 1.54) is 5.56 Å². The number of nitrogens with one attached hydrogen (secondary N) is 1. The molecule has 0 aliphatic rings. The normalized spacial score (nSPS) is 11.8. The van der Waals surface area contributed by atoms with Crippen LogP contribution in [0.4, 0.5) is 11.5 Å². The van der Waals surface area contributed by atoms with Gasteiger partial charge in [0, 0.05) is 22.7 Å². The highest BCUT2D eigenvalue weighted by Crippen LogP contribution is 2.36. The van der Waals surface area contributed by atoms with Gasteiger partial charge in [0.25, 0.3) is 6.33 Å². The molecule has 0 aliphatic carbocycles. The summed E-state index contributed by atoms with van der Waals surface area (Å²) in [6.07, 6.45) is 5.69. The number of imidazole rings is 1. The van der Waals surface area contributed by atoms with Crippen LogP contribution in [0.15, 0.2) is 182 Å². The molecule has 6 heteroatoms. The van der Waals surface area contributed by atoms with Gasteiger partial charge < -0.3 is 5.32 Å². The summed E-state index contributed by atoms with van der Waals surface area (Å²) in [5, 5.41) is 5.86. The smallest absolute Gasteiger partial charge is 0.269 e. The lowest BCUT2D eigenvalue weighted by molar-refractivity contribution is -0.571. The maximum Gasteiger partial charge on any atom is 0.269 e. The lowest BCUT2D eigenvalue weighted by Gasteiger charge is -2.19. The molecule has 0 saturated carbocycles. The van der Waals surface area contributed by atoms with E-state index in [1.54, 1.807) is 0 Å². The summed E-state index contributed by atoms with van der Waals surface area (Å²) in [5.74, 6) is 1.60. The summed E-state index contributed by atoms with van der Waals surface area (Å²) < 4.78 is 6.55. The number of hydrogen-bond acceptors (Lipinski definition) is 3. The van der Waals surface area contributed by atoms with Gasteiger partial charge in [0.05, 0.1) is 27.9 Å².